The van der Waals surface area contributed by atoms with Gasteiger partial charge in [0.05, 0.1) is 18.0 Å². The smallest absolute Gasteiger partial charge is 0.344 e. The predicted molar refractivity (Wildman–Crippen MR) is 152 cm³/mol. The maximum atomic E-state index is 14.0. The minimum atomic E-state index is -4.25. The number of esters is 1. The number of aromatic nitrogens is 1. The summed E-state index contributed by atoms with van der Waals surface area (Å²) in [5, 5.41) is 2.41. The molecule has 2 aromatic carbocycles. The van der Waals surface area contributed by atoms with Crippen molar-refractivity contribution in [3.05, 3.63) is 92.9 Å². The summed E-state index contributed by atoms with van der Waals surface area (Å²) in [7, 11) is -4.25. The number of hydrogen-bond acceptors (Lipinski definition) is 8. The molecule has 0 saturated carbocycles. The van der Waals surface area contributed by atoms with E-state index >= 15 is 0 Å². The number of benzene rings is 2. The van der Waals surface area contributed by atoms with Gasteiger partial charge in [-0.15, -0.1) is 11.3 Å². The highest BCUT2D eigenvalue weighted by molar-refractivity contribution is 7.89. The Morgan fingerprint density at radius 1 is 1.05 bits per heavy atom. The molecular formula is C28H29N3O7S2. The predicted octanol–water partition coefficient (Wildman–Crippen LogP) is 3.60. The van der Waals surface area contributed by atoms with Crippen LogP contribution in [0.2, 0.25) is 0 Å². The number of carbonyl (C=O) groups excluding carboxylic acids is 2. The number of likely N-dealkylation sites (N-methyl/N-ethyl adjacent to an activating group) is 1. The van der Waals surface area contributed by atoms with Gasteiger partial charge in [-0.25, -0.2) is 13.2 Å². The zero-order valence-corrected chi connectivity index (χ0v) is 23.6. The minimum absolute atomic E-state index is 0.0870. The van der Waals surface area contributed by atoms with Crippen molar-refractivity contribution in [1.29, 1.82) is 0 Å². The molecule has 1 amide bonds. The molecule has 10 nitrogen and oxygen atoms in total. The third kappa shape index (κ3) is 6.95. The molecule has 4 rings (SSSR count). The van der Waals surface area contributed by atoms with Crippen LogP contribution in [-0.2, 0) is 30.9 Å². The van der Waals surface area contributed by atoms with E-state index in [-0.39, 0.29) is 28.4 Å². The first kappa shape index (κ1) is 29.0. The number of thiophene rings is 1. The van der Waals surface area contributed by atoms with E-state index in [0.717, 1.165) is 4.88 Å². The van der Waals surface area contributed by atoms with E-state index in [9.17, 15) is 22.8 Å². The third-order valence-electron chi connectivity index (χ3n) is 6.03. The van der Waals surface area contributed by atoms with E-state index in [1.165, 1.54) is 41.7 Å². The van der Waals surface area contributed by atoms with Gasteiger partial charge >= 0.3 is 5.97 Å². The van der Waals surface area contributed by atoms with Crippen LogP contribution in [0.15, 0.2) is 81.8 Å². The summed E-state index contributed by atoms with van der Waals surface area (Å²) in [4.78, 5) is 42.6. The Hall–Kier alpha value is -4.00. The number of carbonyl (C=O) groups is 2. The molecule has 0 aliphatic carbocycles. The van der Waals surface area contributed by atoms with Gasteiger partial charge in [-0.3, -0.25) is 9.59 Å². The fraction of sp³-hybridized carbons (Fsp3) is 0.250. The zero-order chi connectivity index (χ0) is 28.7. The topological polar surface area (TPSA) is 135 Å². The lowest BCUT2D eigenvalue weighted by atomic mass is 10.0. The molecule has 210 valence electrons. The Balaban J connectivity index is 1.73. The molecule has 0 aliphatic rings. The molecule has 0 unspecified atom stereocenters. The summed E-state index contributed by atoms with van der Waals surface area (Å²) >= 11 is 1.49. The summed E-state index contributed by atoms with van der Waals surface area (Å²) in [6, 6.07) is 16.0. The first-order chi connectivity index (χ1) is 19.2. The molecule has 40 heavy (non-hydrogen) atoms. The van der Waals surface area contributed by atoms with Gasteiger partial charge in [0.15, 0.2) is 6.61 Å². The van der Waals surface area contributed by atoms with Crippen molar-refractivity contribution in [2.45, 2.75) is 31.3 Å². The maximum Gasteiger partial charge on any atom is 0.344 e. The van der Waals surface area contributed by atoms with E-state index < -0.39 is 34.5 Å². The van der Waals surface area contributed by atoms with Gasteiger partial charge in [0, 0.05) is 28.6 Å². The standard InChI is InChI=1S/C28H29N3O7S2/c1-3-31(17-20-8-7-15-39-20)28(34)27(22-9-5-6-10-24(22)38-18-26(33)37-4-2)30-40(35,36)21-12-13-23-19(16-21)11-14-25(32)29-23/h5-16,27,30H,3-4,17-18H2,1-2H3,(H,29,32)/t27-/m0/s1. The van der Waals surface area contributed by atoms with Crippen LogP contribution in [0.3, 0.4) is 0 Å². The second-order valence-electron chi connectivity index (χ2n) is 8.69. The van der Waals surface area contributed by atoms with Gasteiger partial charge in [0.1, 0.15) is 11.8 Å². The van der Waals surface area contributed by atoms with Crippen molar-refractivity contribution < 1.29 is 27.5 Å². The maximum absolute atomic E-state index is 14.0. The third-order valence-corrected chi connectivity index (χ3v) is 8.31. The highest BCUT2D eigenvalue weighted by atomic mass is 32.2. The fourth-order valence-corrected chi connectivity index (χ4v) is 6.00. The van der Waals surface area contributed by atoms with Gasteiger partial charge in [-0.05, 0) is 61.0 Å². The van der Waals surface area contributed by atoms with E-state index in [2.05, 4.69) is 9.71 Å². The van der Waals surface area contributed by atoms with Crippen molar-refractivity contribution in [3.63, 3.8) is 0 Å². The van der Waals surface area contributed by atoms with Crippen molar-refractivity contribution in [1.82, 2.24) is 14.6 Å². The van der Waals surface area contributed by atoms with E-state index in [1.807, 2.05) is 24.4 Å². The molecule has 2 aromatic heterocycles. The van der Waals surface area contributed by atoms with Crippen molar-refractivity contribution >= 4 is 44.1 Å². The van der Waals surface area contributed by atoms with Gasteiger partial charge in [0.2, 0.25) is 21.5 Å². The van der Waals surface area contributed by atoms with E-state index in [1.54, 1.807) is 36.1 Å². The largest absolute Gasteiger partial charge is 0.482 e. The van der Waals surface area contributed by atoms with Crippen LogP contribution < -0.4 is 15.0 Å². The van der Waals surface area contributed by atoms with Gasteiger partial charge in [0.25, 0.3) is 0 Å². The van der Waals surface area contributed by atoms with Crippen LogP contribution >= 0.6 is 11.3 Å². The molecule has 0 bridgehead atoms. The molecule has 0 spiro atoms. The first-order valence-corrected chi connectivity index (χ1v) is 14.9. The average Bonchev–Trinajstić information content (AvgIpc) is 3.46. The number of aromatic amines is 1. The number of nitrogens with zero attached hydrogens (tertiary/aromatic N) is 1. The van der Waals surface area contributed by atoms with Gasteiger partial charge in [-0.1, -0.05) is 24.3 Å². The molecule has 0 radical (unpaired) electrons. The number of H-pyrrole nitrogens is 1. The van der Waals surface area contributed by atoms with Crippen LogP contribution in [0.4, 0.5) is 0 Å². The van der Waals surface area contributed by atoms with Crippen molar-refractivity contribution in [2.75, 3.05) is 19.8 Å². The Morgan fingerprint density at radius 3 is 2.58 bits per heavy atom. The molecule has 0 fully saturated rings. The summed E-state index contributed by atoms with van der Waals surface area (Å²) in [5.74, 6) is -0.917. The number of pyridine rings is 1. The Kier molecular flexibility index (Phi) is 9.35. The number of hydrogen-bond donors (Lipinski definition) is 2. The number of sulfonamides is 1. The Morgan fingerprint density at radius 2 is 1.85 bits per heavy atom. The first-order valence-electron chi connectivity index (χ1n) is 12.6. The molecule has 12 heteroatoms. The second-order valence-corrected chi connectivity index (χ2v) is 11.4. The van der Waals surface area contributed by atoms with Crippen LogP contribution in [0, 0.1) is 0 Å². The Bertz CT molecular complexity index is 1650. The van der Waals surface area contributed by atoms with Gasteiger partial charge < -0.3 is 19.4 Å². The van der Waals surface area contributed by atoms with Gasteiger partial charge in [-0.2, -0.15) is 4.72 Å². The number of nitrogens with one attached hydrogen (secondary N) is 2. The van der Waals surface area contributed by atoms with E-state index in [4.69, 9.17) is 9.47 Å². The lowest BCUT2D eigenvalue weighted by molar-refractivity contribution is -0.145. The van der Waals surface area contributed by atoms with Crippen molar-refractivity contribution in [2.24, 2.45) is 0 Å². The number of para-hydroxylation sites is 1. The monoisotopic (exact) mass is 583 g/mol. The molecular weight excluding hydrogens is 554 g/mol. The normalized spacial score (nSPS) is 12.2. The molecule has 0 saturated heterocycles. The SMILES string of the molecule is CCOC(=O)COc1ccccc1[C@H](NS(=O)(=O)c1ccc2[nH]c(=O)ccc2c1)C(=O)N(CC)Cc1cccs1. The number of rotatable bonds is 12. The summed E-state index contributed by atoms with van der Waals surface area (Å²) in [6.07, 6.45) is 0. The van der Waals surface area contributed by atoms with Crippen LogP contribution in [0.1, 0.15) is 30.3 Å². The number of fused-ring (bicyclic) bond motifs is 1. The zero-order valence-electron chi connectivity index (χ0n) is 22.0. The highest BCUT2D eigenvalue weighted by Crippen LogP contribution is 2.30. The molecule has 1 atom stereocenters. The Labute approximate surface area is 235 Å². The summed E-state index contributed by atoms with van der Waals surface area (Å²) < 4.78 is 40.5. The number of amides is 1. The summed E-state index contributed by atoms with van der Waals surface area (Å²) in [5.41, 5.74) is 0.414. The lowest BCUT2D eigenvalue weighted by Crippen LogP contribution is -2.42. The second kappa shape index (κ2) is 12.9. The summed E-state index contributed by atoms with van der Waals surface area (Å²) in [6.45, 7) is 3.87. The molecule has 4 aromatic rings. The van der Waals surface area contributed by atoms with Crippen LogP contribution in [-0.4, -0.2) is 49.9 Å². The van der Waals surface area contributed by atoms with Crippen LogP contribution in [0.25, 0.3) is 10.9 Å². The van der Waals surface area contributed by atoms with Crippen molar-refractivity contribution in [3.8, 4) is 5.75 Å². The molecule has 2 N–H and O–H groups in total. The highest BCUT2D eigenvalue weighted by Gasteiger charge is 2.33. The number of ether oxygens (including phenoxy) is 2. The quantitative estimate of drug-likeness (QED) is 0.243. The average molecular weight is 584 g/mol. The molecule has 0 aliphatic heterocycles. The molecule has 2 heterocycles. The van der Waals surface area contributed by atoms with E-state index in [0.29, 0.717) is 24.0 Å². The fourth-order valence-electron chi connectivity index (χ4n) is 4.08. The van der Waals surface area contributed by atoms with Crippen LogP contribution in [0.5, 0.6) is 5.75 Å². The lowest BCUT2D eigenvalue weighted by Gasteiger charge is -2.28. The minimum Gasteiger partial charge on any atom is -0.482 e.